The summed E-state index contributed by atoms with van der Waals surface area (Å²) in [6, 6.07) is 8.62. The number of nitrogens with one attached hydrogen (secondary N) is 2. The Balaban J connectivity index is 2.31. The number of hydrogen-bond acceptors (Lipinski definition) is 5. The number of amides is 2. The quantitative estimate of drug-likeness (QED) is 0.427. The van der Waals surface area contributed by atoms with E-state index in [-0.39, 0.29) is 33.7 Å². The maximum atomic E-state index is 12.7. The summed E-state index contributed by atoms with van der Waals surface area (Å²) in [7, 11) is 0. The van der Waals surface area contributed by atoms with E-state index in [2.05, 4.69) is 10.6 Å². The number of carboxylic acids is 1. The molecule has 0 spiro atoms. The molecule has 0 aliphatic heterocycles. The van der Waals surface area contributed by atoms with Crippen LogP contribution in [0.5, 0.6) is 0 Å². The van der Waals surface area contributed by atoms with Gasteiger partial charge >= 0.3 is 5.97 Å². The molecule has 2 amide bonds. The molecule has 0 fully saturated rings. The summed E-state index contributed by atoms with van der Waals surface area (Å²) in [6.45, 7) is 3.45. The lowest BCUT2D eigenvalue weighted by Crippen LogP contribution is -2.30. The fraction of sp³-hybridized carbons (Fsp3) is 0.250. The average molecular weight is 434 g/mol. The first-order valence-electron chi connectivity index (χ1n) is 8.96. The molecule has 2 aromatic carbocycles. The molecule has 0 saturated heterocycles. The van der Waals surface area contributed by atoms with Gasteiger partial charge in [0.15, 0.2) is 0 Å². The van der Waals surface area contributed by atoms with Gasteiger partial charge in [0.25, 0.3) is 11.6 Å². The highest BCUT2D eigenvalue weighted by Gasteiger charge is 2.23. The number of carbonyl (C=O) groups is 3. The molecule has 2 rings (SSSR count). The van der Waals surface area contributed by atoms with Crippen molar-refractivity contribution in [2.45, 2.75) is 26.3 Å². The Bertz CT molecular complexity index is 992. The zero-order valence-corrected chi connectivity index (χ0v) is 17.0. The number of non-ortho nitro benzene ring substituents is 1. The molecule has 0 bridgehead atoms. The molecule has 30 heavy (non-hydrogen) atoms. The van der Waals surface area contributed by atoms with E-state index < -0.39 is 29.3 Å². The van der Waals surface area contributed by atoms with Crippen LogP contribution in [-0.4, -0.2) is 27.8 Å². The van der Waals surface area contributed by atoms with Gasteiger partial charge < -0.3 is 15.7 Å². The smallest absolute Gasteiger partial charge is 0.305 e. The first kappa shape index (κ1) is 22.8. The fourth-order valence-corrected chi connectivity index (χ4v) is 2.84. The lowest BCUT2D eigenvalue weighted by molar-refractivity contribution is -0.384. The van der Waals surface area contributed by atoms with E-state index in [4.69, 9.17) is 11.6 Å². The van der Waals surface area contributed by atoms with Crippen molar-refractivity contribution < 1.29 is 24.4 Å². The molecule has 10 heteroatoms. The van der Waals surface area contributed by atoms with Crippen LogP contribution in [0.4, 0.5) is 11.4 Å². The highest BCUT2D eigenvalue weighted by molar-refractivity contribution is 6.31. The lowest BCUT2D eigenvalue weighted by atomic mass is 10.0. The number of nitro groups is 1. The molecule has 0 aliphatic rings. The van der Waals surface area contributed by atoms with Crippen LogP contribution >= 0.6 is 11.6 Å². The van der Waals surface area contributed by atoms with E-state index in [1.807, 2.05) is 0 Å². The SMILES string of the molecule is CC(C)C(=O)Nc1cccc(C(=O)N[C@@H](CC(=O)O)c2cc([N+](=O)[O-])ccc2Cl)c1. The van der Waals surface area contributed by atoms with Gasteiger partial charge in [0.2, 0.25) is 5.91 Å². The Labute approximate surface area is 177 Å². The molecule has 0 radical (unpaired) electrons. The fourth-order valence-electron chi connectivity index (χ4n) is 2.59. The lowest BCUT2D eigenvalue weighted by Gasteiger charge is -2.19. The van der Waals surface area contributed by atoms with Gasteiger partial charge in [-0.2, -0.15) is 0 Å². The van der Waals surface area contributed by atoms with Gasteiger partial charge in [-0.05, 0) is 24.3 Å². The summed E-state index contributed by atoms with van der Waals surface area (Å²) < 4.78 is 0. The zero-order chi connectivity index (χ0) is 22.4. The molecule has 2 aromatic rings. The summed E-state index contributed by atoms with van der Waals surface area (Å²) in [6.07, 6.45) is -0.531. The van der Waals surface area contributed by atoms with Gasteiger partial charge in [-0.25, -0.2) is 0 Å². The van der Waals surface area contributed by atoms with E-state index in [0.717, 1.165) is 6.07 Å². The summed E-state index contributed by atoms with van der Waals surface area (Å²) in [4.78, 5) is 46.3. The normalized spacial score (nSPS) is 11.6. The van der Waals surface area contributed by atoms with Crippen molar-refractivity contribution in [1.82, 2.24) is 5.32 Å². The van der Waals surface area contributed by atoms with Crippen LogP contribution in [0.25, 0.3) is 0 Å². The number of benzene rings is 2. The zero-order valence-electron chi connectivity index (χ0n) is 16.2. The van der Waals surface area contributed by atoms with Crippen LogP contribution in [0.15, 0.2) is 42.5 Å². The number of carboxylic acid groups (broad SMARTS) is 1. The third-order valence-corrected chi connectivity index (χ3v) is 4.51. The van der Waals surface area contributed by atoms with E-state index in [0.29, 0.717) is 5.69 Å². The molecule has 1 atom stereocenters. The third kappa shape index (κ3) is 6.02. The minimum absolute atomic E-state index is 0.0881. The molecule has 158 valence electrons. The second kappa shape index (κ2) is 9.84. The Morgan fingerprint density at radius 1 is 1.17 bits per heavy atom. The molecular formula is C20H20ClN3O6. The molecular weight excluding hydrogens is 414 g/mol. The predicted octanol–water partition coefficient (Wildman–Crippen LogP) is 3.79. The maximum absolute atomic E-state index is 12.7. The summed E-state index contributed by atoms with van der Waals surface area (Å²) in [5, 5.41) is 25.6. The third-order valence-electron chi connectivity index (χ3n) is 4.17. The van der Waals surface area contributed by atoms with Crippen molar-refractivity contribution in [3.05, 3.63) is 68.7 Å². The first-order valence-corrected chi connectivity index (χ1v) is 9.33. The van der Waals surface area contributed by atoms with Gasteiger partial charge in [0, 0.05) is 39.9 Å². The Hall–Kier alpha value is -3.46. The molecule has 9 nitrogen and oxygen atoms in total. The van der Waals surface area contributed by atoms with E-state index in [1.165, 1.54) is 24.3 Å². The Morgan fingerprint density at radius 3 is 2.47 bits per heavy atom. The second-order valence-electron chi connectivity index (χ2n) is 6.81. The van der Waals surface area contributed by atoms with Gasteiger partial charge in [-0.1, -0.05) is 31.5 Å². The van der Waals surface area contributed by atoms with Crippen LogP contribution in [0.1, 0.15) is 42.2 Å². The number of halogens is 1. The molecule has 0 unspecified atom stereocenters. The highest BCUT2D eigenvalue weighted by atomic mass is 35.5. The number of nitrogens with zero attached hydrogens (tertiary/aromatic N) is 1. The van der Waals surface area contributed by atoms with Crippen LogP contribution in [0.2, 0.25) is 5.02 Å². The Morgan fingerprint density at radius 2 is 1.87 bits per heavy atom. The summed E-state index contributed by atoms with van der Waals surface area (Å²) in [5.74, 6) is -2.32. The number of nitro benzene ring substituents is 1. The number of rotatable bonds is 8. The number of hydrogen-bond donors (Lipinski definition) is 3. The van der Waals surface area contributed by atoms with Crippen molar-refractivity contribution in [3.8, 4) is 0 Å². The number of anilines is 1. The molecule has 0 aromatic heterocycles. The van der Waals surface area contributed by atoms with Gasteiger partial charge in [-0.3, -0.25) is 24.5 Å². The molecule has 3 N–H and O–H groups in total. The summed E-state index contributed by atoms with van der Waals surface area (Å²) >= 11 is 6.11. The van der Waals surface area contributed by atoms with Crippen molar-refractivity contribution in [1.29, 1.82) is 0 Å². The van der Waals surface area contributed by atoms with E-state index >= 15 is 0 Å². The van der Waals surface area contributed by atoms with E-state index in [9.17, 15) is 29.6 Å². The van der Waals surface area contributed by atoms with E-state index in [1.54, 1.807) is 26.0 Å². The minimum atomic E-state index is -1.22. The molecule has 0 heterocycles. The number of aliphatic carboxylic acids is 1. The van der Waals surface area contributed by atoms with Crippen molar-refractivity contribution in [2.75, 3.05) is 5.32 Å². The largest absolute Gasteiger partial charge is 0.481 e. The maximum Gasteiger partial charge on any atom is 0.305 e. The van der Waals surface area contributed by atoms with Crippen LogP contribution in [-0.2, 0) is 9.59 Å². The monoisotopic (exact) mass is 433 g/mol. The standard InChI is InChI=1S/C20H20ClN3O6/c1-11(2)19(27)22-13-5-3-4-12(8-13)20(28)23-17(10-18(25)26)15-9-14(24(29)30)6-7-16(15)21/h3-9,11,17H,10H2,1-2H3,(H,22,27)(H,23,28)(H,25,26)/t17-/m0/s1. The topological polar surface area (TPSA) is 139 Å². The van der Waals surface area contributed by atoms with Crippen LogP contribution in [0.3, 0.4) is 0 Å². The van der Waals surface area contributed by atoms with Gasteiger partial charge in [-0.15, -0.1) is 0 Å². The number of carbonyl (C=O) groups excluding carboxylic acids is 2. The minimum Gasteiger partial charge on any atom is -0.481 e. The predicted molar refractivity (Wildman–Crippen MR) is 110 cm³/mol. The molecule has 0 saturated carbocycles. The highest BCUT2D eigenvalue weighted by Crippen LogP contribution is 2.29. The first-order chi connectivity index (χ1) is 14.1. The second-order valence-corrected chi connectivity index (χ2v) is 7.22. The van der Waals surface area contributed by atoms with Gasteiger partial charge in [0.1, 0.15) is 0 Å². The summed E-state index contributed by atoms with van der Waals surface area (Å²) in [5.41, 5.74) is 0.418. The van der Waals surface area contributed by atoms with Crippen molar-refractivity contribution in [3.63, 3.8) is 0 Å². The van der Waals surface area contributed by atoms with Crippen molar-refractivity contribution >= 4 is 40.8 Å². The van der Waals surface area contributed by atoms with Crippen LogP contribution in [0, 0.1) is 16.0 Å². The van der Waals surface area contributed by atoms with Gasteiger partial charge in [0.05, 0.1) is 17.4 Å². The average Bonchev–Trinajstić information content (AvgIpc) is 2.67. The van der Waals surface area contributed by atoms with Crippen LogP contribution < -0.4 is 10.6 Å². The molecule has 0 aliphatic carbocycles. The Kier molecular flexibility index (Phi) is 7.48. The van der Waals surface area contributed by atoms with Crippen molar-refractivity contribution in [2.24, 2.45) is 5.92 Å².